The summed E-state index contributed by atoms with van der Waals surface area (Å²) < 4.78 is 84.8. The fourth-order valence-electron chi connectivity index (χ4n) is 2.29. The maximum Gasteiger partial charge on any atom is 0.422 e. The van der Waals surface area contributed by atoms with E-state index in [1.165, 1.54) is 18.2 Å². The standard InChI is InChI=1S/C16H21F5O4/c1-2-7-22-13-8-23-14(24-9-13)11-3-5-12(6-4-11)25-16(20,21)15(18,19)10-17/h3-5,12-14H,2,6-10H2,1H3. The summed E-state index contributed by atoms with van der Waals surface area (Å²) in [5, 5.41) is 0. The van der Waals surface area contributed by atoms with Crippen LogP contribution >= 0.6 is 0 Å². The molecule has 1 atom stereocenters. The van der Waals surface area contributed by atoms with Gasteiger partial charge in [0, 0.05) is 12.2 Å². The lowest BCUT2D eigenvalue weighted by Gasteiger charge is -2.32. The monoisotopic (exact) mass is 372 g/mol. The van der Waals surface area contributed by atoms with Gasteiger partial charge >= 0.3 is 12.0 Å². The molecule has 0 aromatic heterocycles. The molecule has 1 heterocycles. The zero-order valence-corrected chi connectivity index (χ0v) is 13.7. The molecule has 4 nitrogen and oxygen atoms in total. The van der Waals surface area contributed by atoms with Crippen LogP contribution in [0, 0.1) is 0 Å². The Morgan fingerprint density at radius 2 is 1.88 bits per heavy atom. The third-order valence-corrected chi connectivity index (χ3v) is 3.68. The normalized spacial score (nSPS) is 28.1. The van der Waals surface area contributed by atoms with Gasteiger partial charge in [0.05, 0.1) is 19.3 Å². The molecule has 1 aliphatic carbocycles. The lowest BCUT2D eigenvalue weighted by Crippen LogP contribution is -2.46. The summed E-state index contributed by atoms with van der Waals surface area (Å²) in [4.78, 5) is 0. The van der Waals surface area contributed by atoms with Crippen LogP contribution in [0.15, 0.2) is 23.8 Å². The second-order valence-electron chi connectivity index (χ2n) is 5.80. The molecule has 1 saturated heterocycles. The molecule has 0 saturated carbocycles. The molecule has 144 valence electrons. The van der Waals surface area contributed by atoms with E-state index >= 15 is 0 Å². The summed E-state index contributed by atoms with van der Waals surface area (Å²) in [5.41, 5.74) is 0.578. The largest absolute Gasteiger partial charge is 0.422 e. The van der Waals surface area contributed by atoms with Crippen LogP contribution in [0.3, 0.4) is 0 Å². The van der Waals surface area contributed by atoms with Crippen LogP contribution in [-0.2, 0) is 18.9 Å². The van der Waals surface area contributed by atoms with E-state index in [0.29, 0.717) is 25.4 Å². The molecule has 0 spiro atoms. The molecule has 0 aromatic rings. The first-order valence-electron chi connectivity index (χ1n) is 8.01. The van der Waals surface area contributed by atoms with Crippen LogP contribution in [-0.4, -0.2) is 57.0 Å². The average Bonchev–Trinajstić information content (AvgIpc) is 2.60. The summed E-state index contributed by atoms with van der Waals surface area (Å²) in [7, 11) is 0. The Morgan fingerprint density at radius 3 is 2.40 bits per heavy atom. The van der Waals surface area contributed by atoms with Crippen LogP contribution in [0.4, 0.5) is 22.0 Å². The maximum absolute atomic E-state index is 13.3. The molecule has 1 unspecified atom stereocenters. The molecule has 0 N–H and O–H groups in total. The molecule has 2 aliphatic rings. The first kappa shape index (κ1) is 20.3. The fraction of sp³-hybridized carbons (Fsp3) is 0.750. The van der Waals surface area contributed by atoms with Gasteiger partial charge in [0.2, 0.25) is 0 Å². The smallest absolute Gasteiger partial charge is 0.373 e. The molecule has 25 heavy (non-hydrogen) atoms. The predicted molar refractivity (Wildman–Crippen MR) is 78.3 cm³/mol. The Kier molecular flexibility index (Phi) is 6.95. The molecule has 2 rings (SSSR count). The molecular weight excluding hydrogens is 351 g/mol. The number of alkyl halides is 5. The second kappa shape index (κ2) is 8.57. The Hall–Kier alpha value is -1.03. The van der Waals surface area contributed by atoms with Crippen LogP contribution in [0.25, 0.3) is 0 Å². The predicted octanol–water partition coefficient (Wildman–Crippen LogP) is 3.62. The molecule has 1 fully saturated rings. The van der Waals surface area contributed by atoms with Crippen molar-refractivity contribution in [2.24, 2.45) is 0 Å². The van der Waals surface area contributed by atoms with Gasteiger partial charge < -0.3 is 18.9 Å². The average molecular weight is 372 g/mol. The van der Waals surface area contributed by atoms with Crippen LogP contribution in [0.1, 0.15) is 19.8 Å². The van der Waals surface area contributed by atoms with Gasteiger partial charge in [-0.3, -0.25) is 0 Å². The highest BCUT2D eigenvalue weighted by Gasteiger charge is 2.59. The first-order chi connectivity index (χ1) is 11.8. The van der Waals surface area contributed by atoms with Crippen molar-refractivity contribution >= 4 is 0 Å². The summed E-state index contributed by atoms with van der Waals surface area (Å²) in [6.07, 6.45) is -2.10. The van der Waals surface area contributed by atoms with Crippen molar-refractivity contribution in [1.29, 1.82) is 0 Å². The summed E-state index contributed by atoms with van der Waals surface area (Å²) >= 11 is 0. The third-order valence-electron chi connectivity index (χ3n) is 3.68. The van der Waals surface area contributed by atoms with Gasteiger partial charge in [-0.15, -0.1) is 0 Å². The highest BCUT2D eigenvalue weighted by Crippen LogP contribution is 2.38. The number of halogens is 5. The maximum atomic E-state index is 13.3. The third kappa shape index (κ3) is 5.22. The molecule has 0 bridgehead atoms. The molecule has 0 aromatic carbocycles. The summed E-state index contributed by atoms with van der Waals surface area (Å²) in [6.45, 7) is 0.744. The van der Waals surface area contributed by atoms with Crippen molar-refractivity contribution < 1.29 is 40.9 Å². The Morgan fingerprint density at radius 1 is 1.20 bits per heavy atom. The molecular formula is C16H21F5O4. The minimum Gasteiger partial charge on any atom is -0.373 e. The zero-order valence-electron chi connectivity index (χ0n) is 13.7. The van der Waals surface area contributed by atoms with E-state index in [-0.39, 0.29) is 12.5 Å². The van der Waals surface area contributed by atoms with Crippen molar-refractivity contribution in [2.45, 2.75) is 50.3 Å². The topological polar surface area (TPSA) is 36.9 Å². The Labute approximate surface area is 142 Å². The van der Waals surface area contributed by atoms with Crippen LogP contribution in [0.2, 0.25) is 0 Å². The van der Waals surface area contributed by atoms with Crippen molar-refractivity contribution in [2.75, 3.05) is 26.5 Å². The van der Waals surface area contributed by atoms with Crippen molar-refractivity contribution in [1.82, 2.24) is 0 Å². The van der Waals surface area contributed by atoms with Gasteiger partial charge in [-0.05, 0) is 12.8 Å². The molecule has 9 heteroatoms. The molecule has 1 aliphatic heterocycles. The first-order valence-corrected chi connectivity index (χ1v) is 8.01. The van der Waals surface area contributed by atoms with Crippen molar-refractivity contribution in [3.8, 4) is 0 Å². The van der Waals surface area contributed by atoms with Gasteiger partial charge in [0.1, 0.15) is 6.10 Å². The summed E-state index contributed by atoms with van der Waals surface area (Å²) in [6, 6.07) is 0. The van der Waals surface area contributed by atoms with E-state index in [1.807, 2.05) is 6.92 Å². The highest BCUT2D eigenvalue weighted by molar-refractivity contribution is 5.27. The fourth-order valence-corrected chi connectivity index (χ4v) is 2.29. The zero-order chi connectivity index (χ0) is 18.5. The summed E-state index contributed by atoms with van der Waals surface area (Å²) in [5.74, 6) is -4.87. The van der Waals surface area contributed by atoms with E-state index in [2.05, 4.69) is 4.74 Å². The minimum atomic E-state index is -4.89. The lowest BCUT2D eigenvalue weighted by molar-refractivity contribution is -0.358. The van der Waals surface area contributed by atoms with Gasteiger partial charge in [-0.1, -0.05) is 25.2 Å². The molecule has 0 amide bonds. The quantitative estimate of drug-likeness (QED) is 0.610. The van der Waals surface area contributed by atoms with Crippen LogP contribution < -0.4 is 0 Å². The number of hydrogen-bond acceptors (Lipinski definition) is 4. The van der Waals surface area contributed by atoms with Gasteiger partial charge in [0.15, 0.2) is 13.0 Å². The van der Waals surface area contributed by atoms with Crippen LogP contribution in [0.5, 0.6) is 0 Å². The number of ether oxygens (including phenoxy) is 4. The minimum absolute atomic E-state index is 0.0806. The van der Waals surface area contributed by atoms with Crippen molar-refractivity contribution in [3.05, 3.63) is 23.8 Å². The Balaban J connectivity index is 1.83. The van der Waals surface area contributed by atoms with E-state index in [1.54, 1.807) is 0 Å². The van der Waals surface area contributed by atoms with Gasteiger partial charge in [-0.25, -0.2) is 4.39 Å². The highest BCUT2D eigenvalue weighted by atomic mass is 19.3. The number of hydrogen-bond donors (Lipinski definition) is 0. The van der Waals surface area contributed by atoms with Gasteiger partial charge in [-0.2, -0.15) is 17.6 Å². The lowest BCUT2D eigenvalue weighted by atomic mass is 10.0. The number of rotatable bonds is 8. The van der Waals surface area contributed by atoms with Gasteiger partial charge in [0.25, 0.3) is 0 Å². The van der Waals surface area contributed by atoms with E-state index < -0.39 is 31.1 Å². The Bertz CT molecular complexity index is 487. The van der Waals surface area contributed by atoms with E-state index in [4.69, 9.17) is 14.2 Å². The SMILES string of the molecule is CCCOC1COC(C2=CCC(OC(F)(F)C(F)(F)CF)C=C2)OC1. The second-order valence-corrected chi connectivity index (χ2v) is 5.80. The van der Waals surface area contributed by atoms with E-state index in [0.717, 1.165) is 6.42 Å². The molecule has 0 radical (unpaired) electrons. The van der Waals surface area contributed by atoms with E-state index in [9.17, 15) is 22.0 Å². The van der Waals surface area contributed by atoms with Crippen molar-refractivity contribution in [3.63, 3.8) is 0 Å².